The fourth-order valence-corrected chi connectivity index (χ4v) is 3.20. The molecule has 150 valence electrons. The van der Waals surface area contributed by atoms with Crippen LogP contribution in [0.15, 0.2) is 60.7 Å². The van der Waals surface area contributed by atoms with Crippen molar-refractivity contribution in [1.82, 2.24) is 14.9 Å². The zero-order valence-corrected chi connectivity index (χ0v) is 16.1. The minimum atomic E-state index is -0.344. The van der Waals surface area contributed by atoms with Crippen LogP contribution in [0.25, 0.3) is 11.3 Å². The number of ether oxygens (including phenoxy) is 1. The molecule has 7 heteroatoms. The molecular weight excluding hydrogens is 369 g/mol. The fourth-order valence-electron chi connectivity index (χ4n) is 3.20. The molecule has 2 aromatic carbocycles. The molecule has 1 saturated heterocycles. The van der Waals surface area contributed by atoms with Crippen LogP contribution < -0.4 is 10.6 Å². The predicted molar refractivity (Wildman–Crippen MR) is 113 cm³/mol. The number of rotatable bonds is 7. The highest BCUT2D eigenvalue weighted by Crippen LogP contribution is 2.24. The normalized spacial score (nSPS) is 14.5. The molecule has 1 aromatic heterocycles. The Labute approximate surface area is 169 Å². The molecule has 0 aliphatic carbocycles. The second kappa shape index (κ2) is 9.45. The van der Waals surface area contributed by atoms with Gasteiger partial charge in [-0.1, -0.05) is 42.5 Å². The summed E-state index contributed by atoms with van der Waals surface area (Å²) in [6.45, 7) is 5.11. The number of nitrogens with zero attached hydrogens (tertiary/aromatic N) is 3. The molecule has 0 saturated carbocycles. The topological polar surface area (TPSA) is 62.3 Å². The van der Waals surface area contributed by atoms with Crippen molar-refractivity contribution in [3.8, 4) is 11.3 Å². The predicted octanol–water partition coefficient (Wildman–Crippen LogP) is 3.77. The molecule has 4 rings (SSSR count). The molecule has 1 aliphatic heterocycles. The standard InChI is InChI=1S/C22H24FN5O/c23-18-8-4-5-9-19(18)25-22-26-20(17-6-2-1-3-7-17)16-21(27-22)24-10-11-28-12-14-29-15-13-28/h1-9,16H,10-15H2,(H2,24,25,26,27). The number of halogens is 1. The quantitative estimate of drug-likeness (QED) is 0.637. The molecule has 2 N–H and O–H groups in total. The Balaban J connectivity index is 1.53. The van der Waals surface area contributed by atoms with Gasteiger partial charge >= 0.3 is 0 Å². The van der Waals surface area contributed by atoms with Gasteiger partial charge in [-0.15, -0.1) is 0 Å². The molecular formula is C22H24FN5O. The van der Waals surface area contributed by atoms with Crippen LogP contribution in [0.2, 0.25) is 0 Å². The van der Waals surface area contributed by atoms with E-state index in [0.717, 1.165) is 50.7 Å². The van der Waals surface area contributed by atoms with Crippen LogP contribution in [-0.2, 0) is 4.74 Å². The Morgan fingerprint density at radius 1 is 0.966 bits per heavy atom. The smallest absolute Gasteiger partial charge is 0.229 e. The number of morpholine rings is 1. The first-order chi connectivity index (χ1) is 14.3. The summed E-state index contributed by atoms with van der Waals surface area (Å²) in [6, 6.07) is 18.3. The lowest BCUT2D eigenvalue weighted by Crippen LogP contribution is -2.39. The molecule has 1 aliphatic rings. The Morgan fingerprint density at radius 3 is 2.52 bits per heavy atom. The van der Waals surface area contributed by atoms with Gasteiger partial charge in [0, 0.05) is 37.8 Å². The summed E-state index contributed by atoms with van der Waals surface area (Å²) in [5.41, 5.74) is 2.09. The van der Waals surface area contributed by atoms with Crippen molar-refractivity contribution in [2.75, 3.05) is 50.0 Å². The van der Waals surface area contributed by atoms with Crippen molar-refractivity contribution in [3.63, 3.8) is 0 Å². The van der Waals surface area contributed by atoms with Gasteiger partial charge in [-0.2, -0.15) is 4.98 Å². The number of hydrogen-bond donors (Lipinski definition) is 2. The van der Waals surface area contributed by atoms with Gasteiger partial charge in [0.1, 0.15) is 11.6 Å². The average molecular weight is 393 g/mol. The van der Waals surface area contributed by atoms with Crippen molar-refractivity contribution in [3.05, 3.63) is 66.5 Å². The summed E-state index contributed by atoms with van der Waals surface area (Å²) in [5.74, 6) is 0.708. The zero-order chi connectivity index (χ0) is 19.9. The van der Waals surface area contributed by atoms with Gasteiger partial charge in [0.25, 0.3) is 0 Å². The van der Waals surface area contributed by atoms with Crippen molar-refractivity contribution < 1.29 is 9.13 Å². The summed E-state index contributed by atoms with van der Waals surface area (Å²) >= 11 is 0. The third-order valence-electron chi connectivity index (χ3n) is 4.75. The van der Waals surface area contributed by atoms with Gasteiger partial charge in [0.2, 0.25) is 5.95 Å². The summed E-state index contributed by atoms with van der Waals surface area (Å²) in [6.07, 6.45) is 0. The van der Waals surface area contributed by atoms with Crippen LogP contribution in [0.4, 0.5) is 21.8 Å². The first-order valence-electron chi connectivity index (χ1n) is 9.78. The monoisotopic (exact) mass is 393 g/mol. The molecule has 0 radical (unpaired) electrons. The van der Waals surface area contributed by atoms with Crippen LogP contribution in [-0.4, -0.2) is 54.3 Å². The van der Waals surface area contributed by atoms with E-state index in [1.165, 1.54) is 6.07 Å². The van der Waals surface area contributed by atoms with E-state index in [-0.39, 0.29) is 5.82 Å². The lowest BCUT2D eigenvalue weighted by atomic mass is 10.1. The molecule has 29 heavy (non-hydrogen) atoms. The fraction of sp³-hybridized carbons (Fsp3) is 0.273. The van der Waals surface area contributed by atoms with E-state index < -0.39 is 0 Å². The van der Waals surface area contributed by atoms with Crippen LogP contribution in [0.1, 0.15) is 0 Å². The average Bonchev–Trinajstić information content (AvgIpc) is 2.77. The second-order valence-electron chi connectivity index (χ2n) is 6.81. The van der Waals surface area contributed by atoms with E-state index in [9.17, 15) is 4.39 Å². The van der Waals surface area contributed by atoms with E-state index in [0.29, 0.717) is 17.5 Å². The Hall–Kier alpha value is -3.03. The third kappa shape index (κ3) is 5.28. The number of aromatic nitrogens is 2. The van der Waals surface area contributed by atoms with Crippen LogP contribution in [0.5, 0.6) is 0 Å². The second-order valence-corrected chi connectivity index (χ2v) is 6.81. The van der Waals surface area contributed by atoms with E-state index in [2.05, 4.69) is 25.5 Å². The molecule has 3 aromatic rings. The highest BCUT2D eigenvalue weighted by Gasteiger charge is 2.11. The Morgan fingerprint density at radius 2 is 1.72 bits per heavy atom. The lowest BCUT2D eigenvalue weighted by Gasteiger charge is -2.26. The van der Waals surface area contributed by atoms with E-state index >= 15 is 0 Å². The molecule has 2 heterocycles. The van der Waals surface area contributed by atoms with Crippen molar-refractivity contribution in [2.45, 2.75) is 0 Å². The lowest BCUT2D eigenvalue weighted by molar-refractivity contribution is 0.0398. The van der Waals surface area contributed by atoms with Gasteiger partial charge in [-0.3, -0.25) is 4.90 Å². The zero-order valence-electron chi connectivity index (χ0n) is 16.1. The van der Waals surface area contributed by atoms with Crippen molar-refractivity contribution >= 4 is 17.5 Å². The molecule has 0 unspecified atom stereocenters. The summed E-state index contributed by atoms with van der Waals surface area (Å²) in [5, 5.41) is 6.37. The maximum Gasteiger partial charge on any atom is 0.229 e. The minimum Gasteiger partial charge on any atom is -0.379 e. The molecule has 1 fully saturated rings. The number of nitrogens with one attached hydrogen (secondary N) is 2. The van der Waals surface area contributed by atoms with Crippen LogP contribution >= 0.6 is 0 Å². The largest absolute Gasteiger partial charge is 0.379 e. The molecule has 6 nitrogen and oxygen atoms in total. The molecule has 0 bridgehead atoms. The first kappa shape index (κ1) is 19.3. The highest BCUT2D eigenvalue weighted by molar-refractivity contribution is 5.66. The molecule has 0 spiro atoms. The number of anilines is 3. The van der Waals surface area contributed by atoms with Crippen molar-refractivity contribution in [2.24, 2.45) is 0 Å². The van der Waals surface area contributed by atoms with Gasteiger partial charge in [-0.05, 0) is 12.1 Å². The summed E-state index contributed by atoms with van der Waals surface area (Å²) < 4.78 is 19.4. The Kier molecular flexibility index (Phi) is 6.29. The maximum atomic E-state index is 14.1. The van der Waals surface area contributed by atoms with E-state index in [4.69, 9.17) is 4.74 Å². The minimum absolute atomic E-state index is 0.344. The van der Waals surface area contributed by atoms with Gasteiger partial charge in [-0.25, -0.2) is 9.37 Å². The van der Waals surface area contributed by atoms with Gasteiger partial charge in [0.15, 0.2) is 0 Å². The SMILES string of the molecule is Fc1ccccc1Nc1nc(NCCN2CCOCC2)cc(-c2ccccc2)n1. The Bertz CT molecular complexity index is 931. The summed E-state index contributed by atoms with van der Waals surface area (Å²) in [4.78, 5) is 11.5. The molecule has 0 amide bonds. The first-order valence-corrected chi connectivity index (χ1v) is 9.78. The highest BCUT2D eigenvalue weighted by atomic mass is 19.1. The van der Waals surface area contributed by atoms with Gasteiger partial charge < -0.3 is 15.4 Å². The summed E-state index contributed by atoms with van der Waals surface area (Å²) in [7, 11) is 0. The van der Waals surface area contributed by atoms with E-state index in [1.807, 2.05) is 36.4 Å². The third-order valence-corrected chi connectivity index (χ3v) is 4.75. The number of para-hydroxylation sites is 1. The van der Waals surface area contributed by atoms with Crippen LogP contribution in [0.3, 0.4) is 0 Å². The number of benzene rings is 2. The van der Waals surface area contributed by atoms with E-state index in [1.54, 1.807) is 18.2 Å². The van der Waals surface area contributed by atoms with Crippen molar-refractivity contribution in [1.29, 1.82) is 0 Å². The van der Waals surface area contributed by atoms with Gasteiger partial charge in [0.05, 0.1) is 24.6 Å². The van der Waals surface area contributed by atoms with Crippen LogP contribution in [0, 0.1) is 5.82 Å². The number of hydrogen-bond acceptors (Lipinski definition) is 6. The molecule has 0 atom stereocenters. The maximum absolute atomic E-state index is 14.1.